The molecule has 46 heavy (non-hydrogen) atoms. The number of para-hydroxylation sites is 4. The maximum absolute atomic E-state index is 6.80. The summed E-state index contributed by atoms with van der Waals surface area (Å²) < 4.78 is 21.9. The van der Waals surface area contributed by atoms with Gasteiger partial charge in [0.05, 0.1) is 22.1 Å². The van der Waals surface area contributed by atoms with Crippen LogP contribution in [-0.2, 0) is 0 Å². The van der Waals surface area contributed by atoms with E-state index in [-0.39, 0.29) is 0 Å². The molecule has 11 aromatic rings. The average molecular weight is 591 g/mol. The Morgan fingerprint density at radius 3 is 2.11 bits per heavy atom. The largest absolute Gasteiger partial charge is 0.455 e. The summed E-state index contributed by atoms with van der Waals surface area (Å²) in [5.74, 6) is 0.593. The Labute approximate surface area is 260 Å². The number of oxazole rings is 1. The zero-order valence-electron chi connectivity index (χ0n) is 24.3. The fraction of sp³-hybridized carbons (Fsp3) is 0. The first kappa shape index (κ1) is 24.0. The second-order valence-corrected chi connectivity index (χ2v) is 11.9. The topological polar surface area (TPSA) is 57.2 Å². The zero-order valence-corrected chi connectivity index (χ0v) is 24.3. The van der Waals surface area contributed by atoms with Crippen molar-refractivity contribution in [2.75, 3.05) is 0 Å². The van der Waals surface area contributed by atoms with Gasteiger partial charge in [0.2, 0.25) is 5.89 Å². The molecular weight excluding hydrogens is 568 g/mol. The summed E-state index contributed by atoms with van der Waals surface area (Å²) in [6, 6.07) is 46.0. The summed E-state index contributed by atoms with van der Waals surface area (Å²) in [7, 11) is 0. The van der Waals surface area contributed by atoms with Gasteiger partial charge in [0.15, 0.2) is 11.2 Å². The molecule has 0 bridgehead atoms. The molecule has 0 spiro atoms. The van der Waals surface area contributed by atoms with Gasteiger partial charge in [-0.25, -0.2) is 4.98 Å². The Morgan fingerprint density at radius 1 is 0.457 bits per heavy atom. The maximum Gasteiger partial charge on any atom is 0.227 e. The molecule has 0 aliphatic carbocycles. The first-order valence-corrected chi connectivity index (χ1v) is 15.4. The molecule has 0 aliphatic heterocycles. The molecule has 4 heterocycles. The quantitative estimate of drug-likeness (QED) is 0.201. The molecule has 0 radical (unpaired) electrons. The third-order valence-electron chi connectivity index (χ3n) is 9.40. The van der Waals surface area contributed by atoms with Crippen LogP contribution < -0.4 is 0 Å². The van der Waals surface area contributed by atoms with Crippen LogP contribution in [0, 0.1) is 0 Å². The predicted molar refractivity (Wildman–Crippen MR) is 186 cm³/mol. The van der Waals surface area contributed by atoms with Crippen LogP contribution >= 0.6 is 0 Å². The first-order chi connectivity index (χ1) is 22.8. The van der Waals surface area contributed by atoms with Gasteiger partial charge in [0, 0.05) is 37.9 Å². The molecule has 0 N–H and O–H groups in total. The Kier molecular flexibility index (Phi) is 4.52. The van der Waals surface area contributed by atoms with Gasteiger partial charge in [-0.2, -0.15) is 0 Å². The van der Waals surface area contributed by atoms with E-state index in [0.717, 1.165) is 98.8 Å². The minimum atomic E-state index is 0.593. The summed E-state index contributed by atoms with van der Waals surface area (Å²) in [4.78, 5) is 4.76. The monoisotopic (exact) mass is 590 g/mol. The predicted octanol–water partition coefficient (Wildman–Crippen LogP) is 11.5. The molecule has 11 rings (SSSR count). The van der Waals surface area contributed by atoms with Crippen LogP contribution in [0.25, 0.3) is 105 Å². The van der Waals surface area contributed by atoms with Crippen LogP contribution in [0.2, 0.25) is 0 Å². The number of benzene rings is 7. The van der Waals surface area contributed by atoms with Crippen LogP contribution in [0.1, 0.15) is 0 Å². The third-order valence-corrected chi connectivity index (χ3v) is 9.40. The Morgan fingerprint density at radius 2 is 1.20 bits per heavy atom. The lowest BCUT2D eigenvalue weighted by Crippen LogP contribution is -1.96. The fourth-order valence-electron chi connectivity index (χ4n) is 7.38. The van der Waals surface area contributed by atoms with Crippen molar-refractivity contribution in [1.82, 2.24) is 9.55 Å². The number of nitrogens with zero attached hydrogens (tertiary/aromatic N) is 2. The highest BCUT2D eigenvalue weighted by Gasteiger charge is 2.23. The van der Waals surface area contributed by atoms with Crippen molar-refractivity contribution in [3.63, 3.8) is 0 Å². The normalized spacial score (nSPS) is 12.3. The number of hydrogen-bond donors (Lipinski definition) is 0. The van der Waals surface area contributed by atoms with Crippen molar-refractivity contribution in [1.29, 1.82) is 0 Å². The van der Waals surface area contributed by atoms with Gasteiger partial charge in [0.25, 0.3) is 0 Å². The van der Waals surface area contributed by atoms with Crippen molar-refractivity contribution < 1.29 is 13.3 Å². The van der Waals surface area contributed by atoms with E-state index in [1.54, 1.807) is 0 Å². The lowest BCUT2D eigenvalue weighted by molar-refractivity contribution is 0.620. The van der Waals surface area contributed by atoms with Gasteiger partial charge in [-0.3, -0.25) is 0 Å². The second kappa shape index (κ2) is 8.65. The smallest absolute Gasteiger partial charge is 0.227 e. The molecule has 0 saturated carbocycles. The highest BCUT2D eigenvalue weighted by Crippen LogP contribution is 2.45. The highest BCUT2D eigenvalue weighted by atomic mass is 16.3. The summed E-state index contributed by atoms with van der Waals surface area (Å²) >= 11 is 0. The van der Waals surface area contributed by atoms with Gasteiger partial charge in [-0.1, -0.05) is 72.8 Å². The van der Waals surface area contributed by atoms with Crippen LogP contribution in [0.15, 0.2) is 147 Å². The van der Waals surface area contributed by atoms with Crippen molar-refractivity contribution in [3.05, 3.63) is 133 Å². The van der Waals surface area contributed by atoms with E-state index in [0.29, 0.717) is 5.89 Å². The first-order valence-electron chi connectivity index (χ1n) is 15.4. The number of aromatic nitrogens is 2. The SMILES string of the molecule is c1ccc2c(-n3c4ccccc4c4c5oc6ccccc6c5ccc43)c3oc4ccc(-c5nc6ccccc6o5)cc4c3cc2c1. The van der Waals surface area contributed by atoms with Crippen molar-refractivity contribution >= 4 is 87.6 Å². The second-order valence-electron chi connectivity index (χ2n) is 11.9. The summed E-state index contributed by atoms with van der Waals surface area (Å²) in [6.07, 6.45) is 0. The molecule has 0 saturated heterocycles. The van der Waals surface area contributed by atoms with E-state index in [2.05, 4.69) is 89.5 Å². The van der Waals surface area contributed by atoms with Crippen molar-refractivity contribution in [3.8, 4) is 17.1 Å². The van der Waals surface area contributed by atoms with Crippen molar-refractivity contribution in [2.45, 2.75) is 0 Å². The van der Waals surface area contributed by atoms with Gasteiger partial charge in [-0.15, -0.1) is 0 Å². The third kappa shape index (κ3) is 3.11. The van der Waals surface area contributed by atoms with E-state index in [9.17, 15) is 0 Å². The number of furan rings is 2. The van der Waals surface area contributed by atoms with Crippen molar-refractivity contribution in [2.24, 2.45) is 0 Å². The molecule has 214 valence electrons. The molecule has 0 aliphatic rings. The summed E-state index contributed by atoms with van der Waals surface area (Å²) in [5.41, 5.74) is 9.12. The zero-order chi connectivity index (χ0) is 29.9. The fourth-order valence-corrected chi connectivity index (χ4v) is 7.38. The lowest BCUT2D eigenvalue weighted by atomic mass is 10.0. The van der Waals surface area contributed by atoms with Gasteiger partial charge in [0.1, 0.15) is 22.3 Å². The maximum atomic E-state index is 6.80. The van der Waals surface area contributed by atoms with E-state index in [4.69, 9.17) is 18.2 Å². The van der Waals surface area contributed by atoms with Crippen LogP contribution in [-0.4, -0.2) is 9.55 Å². The Bertz CT molecular complexity index is 3010. The molecule has 5 heteroatoms. The molecule has 0 amide bonds. The van der Waals surface area contributed by atoms with Crippen LogP contribution in [0.3, 0.4) is 0 Å². The average Bonchev–Trinajstić information content (AvgIpc) is 3.87. The van der Waals surface area contributed by atoms with Crippen LogP contribution in [0.5, 0.6) is 0 Å². The summed E-state index contributed by atoms with van der Waals surface area (Å²) in [6.45, 7) is 0. The number of hydrogen-bond acceptors (Lipinski definition) is 4. The Balaban J connectivity index is 1.27. The Hall–Kier alpha value is -6.33. The lowest BCUT2D eigenvalue weighted by Gasteiger charge is -2.12. The van der Waals surface area contributed by atoms with Gasteiger partial charge >= 0.3 is 0 Å². The standard InChI is InChI=1S/C41H22N2O3/c1-2-10-25-23(9-1)21-30-29-22-24(41-42-31-13-5-8-16-36(31)46-41)17-20-35(29)45-40(30)38(25)43-32-14-6-3-12-28(32)37-33(43)19-18-27-26-11-4-7-15-34(26)44-39(27)37/h1-22H. The van der Waals surface area contributed by atoms with E-state index >= 15 is 0 Å². The molecule has 0 unspecified atom stereocenters. The number of fused-ring (bicyclic) bond motifs is 12. The molecular formula is C41H22N2O3. The summed E-state index contributed by atoms with van der Waals surface area (Å²) in [5, 5.41) is 8.77. The van der Waals surface area contributed by atoms with Crippen LogP contribution in [0.4, 0.5) is 0 Å². The molecule has 0 fully saturated rings. The van der Waals surface area contributed by atoms with E-state index < -0.39 is 0 Å². The van der Waals surface area contributed by atoms with E-state index in [1.165, 1.54) is 0 Å². The number of rotatable bonds is 2. The molecule has 4 aromatic heterocycles. The molecule has 5 nitrogen and oxygen atoms in total. The van der Waals surface area contributed by atoms with E-state index in [1.807, 2.05) is 48.5 Å². The molecule has 7 aromatic carbocycles. The van der Waals surface area contributed by atoms with Gasteiger partial charge < -0.3 is 17.8 Å². The minimum absolute atomic E-state index is 0.593. The molecule has 0 atom stereocenters. The highest BCUT2D eigenvalue weighted by molar-refractivity contribution is 6.25. The minimum Gasteiger partial charge on any atom is -0.455 e. The van der Waals surface area contributed by atoms with Gasteiger partial charge in [-0.05, 0) is 66.0 Å².